The highest BCUT2D eigenvalue weighted by atomic mass is 16.5. The number of benzene rings is 1. The standard InChI is InChI=1S/C19H24N2O6/c1-13-3-4-16(25-2)15(9-13)21-11-14(10-17(21)22)19(24)27-12-18(23)20-5-7-26-8-6-20/h3-4,9,14H,5-8,10-12H2,1-2H3/t14-/m0/s1. The third-order valence-corrected chi connectivity index (χ3v) is 4.79. The van der Waals surface area contributed by atoms with E-state index in [1.165, 1.54) is 7.11 Å². The second-order valence-electron chi connectivity index (χ2n) is 6.68. The molecule has 1 aromatic carbocycles. The lowest BCUT2D eigenvalue weighted by Crippen LogP contribution is -2.43. The molecule has 2 fully saturated rings. The number of nitrogens with zero attached hydrogens (tertiary/aromatic N) is 2. The van der Waals surface area contributed by atoms with Gasteiger partial charge in [-0.1, -0.05) is 6.07 Å². The third kappa shape index (κ3) is 4.39. The van der Waals surface area contributed by atoms with Gasteiger partial charge in [-0.05, 0) is 24.6 Å². The molecule has 2 heterocycles. The molecule has 0 aliphatic carbocycles. The van der Waals surface area contributed by atoms with Crippen molar-refractivity contribution in [3.8, 4) is 5.75 Å². The Kier molecular flexibility index (Phi) is 5.95. The van der Waals surface area contributed by atoms with Gasteiger partial charge in [0.25, 0.3) is 5.91 Å². The Morgan fingerprint density at radius 3 is 2.70 bits per heavy atom. The predicted molar refractivity (Wildman–Crippen MR) is 96.5 cm³/mol. The third-order valence-electron chi connectivity index (χ3n) is 4.79. The van der Waals surface area contributed by atoms with Crippen LogP contribution in [0.4, 0.5) is 5.69 Å². The summed E-state index contributed by atoms with van der Waals surface area (Å²) in [6.07, 6.45) is 0.0572. The summed E-state index contributed by atoms with van der Waals surface area (Å²) in [5, 5.41) is 0. The number of amides is 2. The first-order chi connectivity index (χ1) is 13.0. The molecule has 2 saturated heterocycles. The SMILES string of the molecule is COc1ccc(C)cc1N1C[C@@H](C(=O)OCC(=O)N2CCOCC2)CC1=O. The van der Waals surface area contributed by atoms with Crippen LogP contribution in [0.15, 0.2) is 18.2 Å². The Labute approximate surface area is 158 Å². The van der Waals surface area contributed by atoms with Gasteiger partial charge in [-0.3, -0.25) is 14.4 Å². The van der Waals surface area contributed by atoms with Crippen molar-refractivity contribution in [1.29, 1.82) is 0 Å². The van der Waals surface area contributed by atoms with Crippen molar-refractivity contribution in [2.24, 2.45) is 5.92 Å². The van der Waals surface area contributed by atoms with Gasteiger partial charge in [0.05, 0.1) is 31.9 Å². The van der Waals surface area contributed by atoms with Crippen LogP contribution in [0, 0.1) is 12.8 Å². The molecule has 0 radical (unpaired) electrons. The smallest absolute Gasteiger partial charge is 0.311 e. The van der Waals surface area contributed by atoms with E-state index in [4.69, 9.17) is 14.2 Å². The van der Waals surface area contributed by atoms with Crippen LogP contribution in [-0.4, -0.2) is 69.2 Å². The molecule has 2 amide bonds. The zero-order valence-corrected chi connectivity index (χ0v) is 15.6. The lowest BCUT2D eigenvalue weighted by molar-refractivity contribution is -0.156. The maximum absolute atomic E-state index is 12.4. The summed E-state index contributed by atoms with van der Waals surface area (Å²) in [5.74, 6) is -0.960. The Hall–Kier alpha value is -2.61. The number of anilines is 1. The van der Waals surface area contributed by atoms with Crippen LogP contribution in [0.1, 0.15) is 12.0 Å². The van der Waals surface area contributed by atoms with Gasteiger partial charge < -0.3 is 24.0 Å². The van der Waals surface area contributed by atoms with Crippen molar-refractivity contribution in [1.82, 2.24) is 4.90 Å². The highest BCUT2D eigenvalue weighted by Gasteiger charge is 2.37. The quantitative estimate of drug-likeness (QED) is 0.706. The Balaban J connectivity index is 1.59. The highest BCUT2D eigenvalue weighted by Crippen LogP contribution is 2.34. The largest absolute Gasteiger partial charge is 0.495 e. The van der Waals surface area contributed by atoms with Crippen LogP contribution in [0.3, 0.4) is 0 Å². The molecule has 8 heteroatoms. The summed E-state index contributed by atoms with van der Waals surface area (Å²) < 4.78 is 15.7. The molecule has 2 aliphatic heterocycles. The molecular formula is C19H24N2O6. The van der Waals surface area contributed by atoms with Gasteiger partial charge in [-0.15, -0.1) is 0 Å². The number of morpholine rings is 1. The van der Waals surface area contributed by atoms with Gasteiger partial charge in [0.2, 0.25) is 5.91 Å². The molecule has 0 aromatic heterocycles. The zero-order valence-electron chi connectivity index (χ0n) is 15.6. The van der Waals surface area contributed by atoms with E-state index in [1.807, 2.05) is 19.1 Å². The summed E-state index contributed by atoms with van der Waals surface area (Å²) >= 11 is 0. The Bertz CT molecular complexity index is 729. The number of ether oxygens (including phenoxy) is 3. The fourth-order valence-corrected chi connectivity index (χ4v) is 3.26. The van der Waals surface area contributed by atoms with Crippen molar-refractivity contribution in [3.05, 3.63) is 23.8 Å². The normalized spacial score (nSPS) is 19.9. The molecule has 8 nitrogen and oxygen atoms in total. The van der Waals surface area contributed by atoms with Crippen molar-refractivity contribution < 1.29 is 28.6 Å². The number of carbonyl (C=O) groups excluding carboxylic acids is 3. The summed E-state index contributed by atoms with van der Waals surface area (Å²) in [4.78, 5) is 40.0. The Morgan fingerprint density at radius 1 is 1.26 bits per heavy atom. The second kappa shape index (κ2) is 8.39. The molecule has 1 atom stereocenters. The molecular weight excluding hydrogens is 352 g/mol. The van der Waals surface area contributed by atoms with Crippen molar-refractivity contribution in [2.75, 3.05) is 51.5 Å². The summed E-state index contributed by atoms with van der Waals surface area (Å²) in [6, 6.07) is 5.54. The number of aryl methyl sites for hydroxylation is 1. The topological polar surface area (TPSA) is 85.4 Å². The van der Waals surface area contributed by atoms with Gasteiger partial charge >= 0.3 is 5.97 Å². The van der Waals surface area contributed by atoms with Crippen molar-refractivity contribution in [2.45, 2.75) is 13.3 Å². The number of carbonyl (C=O) groups is 3. The fraction of sp³-hybridized carbons (Fsp3) is 0.526. The van der Waals surface area contributed by atoms with E-state index in [0.717, 1.165) is 5.56 Å². The monoisotopic (exact) mass is 376 g/mol. The molecule has 3 rings (SSSR count). The van der Waals surface area contributed by atoms with Gasteiger partial charge in [0, 0.05) is 26.1 Å². The molecule has 0 bridgehead atoms. The average molecular weight is 376 g/mol. The minimum Gasteiger partial charge on any atom is -0.495 e. The Morgan fingerprint density at radius 2 is 2.00 bits per heavy atom. The van der Waals surface area contributed by atoms with Crippen LogP contribution in [0.2, 0.25) is 0 Å². The second-order valence-corrected chi connectivity index (χ2v) is 6.68. The van der Waals surface area contributed by atoms with Gasteiger partial charge in [-0.2, -0.15) is 0 Å². The average Bonchev–Trinajstić information content (AvgIpc) is 3.08. The molecule has 2 aliphatic rings. The number of methoxy groups -OCH3 is 1. The first kappa shape index (κ1) is 19.2. The number of hydrogen-bond acceptors (Lipinski definition) is 6. The van der Waals surface area contributed by atoms with Crippen LogP contribution in [-0.2, 0) is 23.9 Å². The maximum Gasteiger partial charge on any atom is 0.311 e. The molecule has 0 N–H and O–H groups in total. The summed E-state index contributed by atoms with van der Waals surface area (Å²) in [7, 11) is 1.54. The lowest BCUT2D eigenvalue weighted by Gasteiger charge is -2.26. The molecule has 1 aromatic rings. The first-order valence-corrected chi connectivity index (χ1v) is 8.96. The predicted octanol–water partition coefficient (Wildman–Crippen LogP) is 0.759. The minimum absolute atomic E-state index is 0.0572. The van der Waals surface area contributed by atoms with Crippen LogP contribution < -0.4 is 9.64 Å². The van der Waals surface area contributed by atoms with E-state index in [1.54, 1.807) is 15.9 Å². The molecule has 27 heavy (non-hydrogen) atoms. The lowest BCUT2D eigenvalue weighted by atomic mass is 10.1. The molecule has 0 spiro atoms. The van der Waals surface area contributed by atoms with Crippen LogP contribution >= 0.6 is 0 Å². The van der Waals surface area contributed by atoms with Crippen LogP contribution in [0.25, 0.3) is 0 Å². The van der Waals surface area contributed by atoms with Gasteiger partial charge in [-0.25, -0.2) is 0 Å². The zero-order chi connectivity index (χ0) is 19.4. The van der Waals surface area contributed by atoms with Gasteiger partial charge in [0.1, 0.15) is 5.75 Å². The minimum atomic E-state index is -0.597. The van der Waals surface area contributed by atoms with Crippen molar-refractivity contribution >= 4 is 23.5 Å². The molecule has 0 saturated carbocycles. The molecule has 146 valence electrons. The van der Waals surface area contributed by atoms with E-state index >= 15 is 0 Å². The van der Waals surface area contributed by atoms with Crippen LogP contribution in [0.5, 0.6) is 5.75 Å². The summed E-state index contributed by atoms with van der Waals surface area (Å²) in [5.41, 5.74) is 1.63. The first-order valence-electron chi connectivity index (χ1n) is 8.96. The fourth-order valence-electron chi connectivity index (χ4n) is 3.26. The van der Waals surface area contributed by atoms with E-state index in [0.29, 0.717) is 37.7 Å². The van der Waals surface area contributed by atoms with E-state index in [2.05, 4.69) is 0 Å². The highest BCUT2D eigenvalue weighted by molar-refractivity contribution is 6.00. The maximum atomic E-state index is 12.4. The number of rotatable bonds is 5. The van der Waals surface area contributed by atoms with Crippen molar-refractivity contribution in [3.63, 3.8) is 0 Å². The summed E-state index contributed by atoms with van der Waals surface area (Å²) in [6.45, 7) is 3.81. The van der Waals surface area contributed by atoms with Gasteiger partial charge in [0.15, 0.2) is 6.61 Å². The van der Waals surface area contributed by atoms with E-state index in [-0.39, 0.29) is 31.4 Å². The number of hydrogen-bond donors (Lipinski definition) is 0. The van der Waals surface area contributed by atoms with E-state index in [9.17, 15) is 14.4 Å². The van der Waals surface area contributed by atoms with E-state index < -0.39 is 11.9 Å². The molecule has 0 unspecified atom stereocenters. The number of esters is 1.